The van der Waals surface area contributed by atoms with Crippen LogP contribution in [0.15, 0.2) is 42.5 Å². The van der Waals surface area contributed by atoms with Crippen molar-refractivity contribution in [2.24, 2.45) is 0 Å². The van der Waals surface area contributed by atoms with Crippen molar-refractivity contribution in [2.75, 3.05) is 19.8 Å². The van der Waals surface area contributed by atoms with Gasteiger partial charge in [-0.1, -0.05) is 11.6 Å². The molecule has 0 aliphatic carbocycles. The second-order valence-electron chi connectivity index (χ2n) is 5.74. The van der Waals surface area contributed by atoms with Gasteiger partial charge in [0.25, 0.3) is 5.91 Å². The van der Waals surface area contributed by atoms with Crippen molar-refractivity contribution < 1.29 is 27.8 Å². The van der Waals surface area contributed by atoms with Gasteiger partial charge < -0.3 is 19.5 Å². The van der Waals surface area contributed by atoms with Gasteiger partial charge in [-0.25, -0.2) is 0 Å². The molecule has 2 aromatic carbocycles. The summed E-state index contributed by atoms with van der Waals surface area (Å²) in [6.07, 6.45) is 1.48. The molecule has 1 amide bonds. The summed E-state index contributed by atoms with van der Waals surface area (Å²) in [5, 5.41) is 3.43. The van der Waals surface area contributed by atoms with E-state index in [1.54, 1.807) is 31.2 Å². The van der Waals surface area contributed by atoms with Crippen LogP contribution in [0.25, 0.3) is 0 Å². The largest absolute Gasteiger partial charge is 0.494 e. The van der Waals surface area contributed by atoms with Gasteiger partial charge in [-0.3, -0.25) is 4.79 Å². The second-order valence-corrected chi connectivity index (χ2v) is 6.17. The summed E-state index contributed by atoms with van der Waals surface area (Å²) >= 11 is 5.81. The maximum absolute atomic E-state index is 12.4. The lowest BCUT2D eigenvalue weighted by atomic mass is 10.2. The van der Waals surface area contributed by atoms with Crippen LogP contribution in [0, 0.1) is 0 Å². The highest BCUT2D eigenvalue weighted by atomic mass is 35.5. The minimum Gasteiger partial charge on any atom is -0.494 e. The predicted octanol–water partition coefficient (Wildman–Crippen LogP) is 4.93. The van der Waals surface area contributed by atoms with Crippen LogP contribution < -0.4 is 19.5 Å². The number of carbonyl (C=O) groups is 1. The fraction of sp³-hybridized carbons (Fsp3) is 0.350. The van der Waals surface area contributed by atoms with Crippen molar-refractivity contribution in [3.05, 3.63) is 53.1 Å². The molecule has 2 rings (SSSR count). The average molecular weight is 414 g/mol. The molecule has 0 saturated heterocycles. The highest BCUT2D eigenvalue weighted by molar-refractivity contribution is 6.30. The van der Waals surface area contributed by atoms with Gasteiger partial charge in [0.15, 0.2) is 11.5 Å². The molecule has 0 radical (unpaired) electrons. The molecule has 5 nitrogen and oxygen atoms in total. The molecule has 0 saturated carbocycles. The molecule has 2 aromatic rings. The van der Waals surface area contributed by atoms with E-state index in [4.69, 9.17) is 21.1 Å². The number of hydrogen-bond donors (Lipinski definition) is 1. The van der Waals surface area contributed by atoms with Crippen LogP contribution in [-0.2, 0) is 0 Å². The smallest absolute Gasteiger partial charge is 0.387 e. The van der Waals surface area contributed by atoms with E-state index in [1.807, 2.05) is 0 Å². The highest BCUT2D eigenvalue weighted by Gasteiger charge is 2.14. The molecule has 0 atom stereocenters. The maximum atomic E-state index is 12.4. The first-order valence-electron chi connectivity index (χ1n) is 8.88. The Balaban J connectivity index is 1.76. The number of halogens is 3. The van der Waals surface area contributed by atoms with E-state index in [0.717, 1.165) is 18.6 Å². The zero-order valence-electron chi connectivity index (χ0n) is 15.4. The molecule has 8 heteroatoms. The highest BCUT2D eigenvalue weighted by Crippen LogP contribution is 2.29. The van der Waals surface area contributed by atoms with Gasteiger partial charge in [-0.15, -0.1) is 0 Å². The number of carbonyl (C=O) groups excluding carboxylic acids is 1. The van der Waals surface area contributed by atoms with Gasteiger partial charge in [0.1, 0.15) is 5.75 Å². The molecular weight excluding hydrogens is 392 g/mol. The van der Waals surface area contributed by atoms with Gasteiger partial charge in [0, 0.05) is 17.1 Å². The lowest BCUT2D eigenvalue weighted by Gasteiger charge is -2.13. The van der Waals surface area contributed by atoms with Crippen molar-refractivity contribution in [3.63, 3.8) is 0 Å². The molecule has 0 aromatic heterocycles. The van der Waals surface area contributed by atoms with E-state index >= 15 is 0 Å². The van der Waals surface area contributed by atoms with Crippen molar-refractivity contribution >= 4 is 17.5 Å². The van der Waals surface area contributed by atoms with Gasteiger partial charge >= 0.3 is 6.61 Å². The second kappa shape index (κ2) is 11.3. The predicted molar refractivity (Wildman–Crippen MR) is 103 cm³/mol. The fourth-order valence-corrected chi connectivity index (χ4v) is 2.49. The van der Waals surface area contributed by atoms with Crippen LogP contribution in [0.3, 0.4) is 0 Å². The Kier molecular flexibility index (Phi) is 8.81. The van der Waals surface area contributed by atoms with E-state index in [1.165, 1.54) is 18.2 Å². The molecule has 28 heavy (non-hydrogen) atoms. The number of rotatable bonds is 11. The van der Waals surface area contributed by atoms with Gasteiger partial charge in [-0.05, 0) is 62.2 Å². The molecule has 0 heterocycles. The summed E-state index contributed by atoms with van der Waals surface area (Å²) in [5.41, 5.74) is 0.308. The zero-order valence-corrected chi connectivity index (χ0v) is 16.2. The number of alkyl halides is 2. The van der Waals surface area contributed by atoms with E-state index in [-0.39, 0.29) is 24.0 Å². The number of nitrogens with one attached hydrogen (secondary N) is 1. The van der Waals surface area contributed by atoms with Gasteiger partial charge in [0.05, 0.1) is 13.2 Å². The molecule has 0 aliphatic rings. The molecule has 0 unspecified atom stereocenters. The Morgan fingerprint density at radius 1 is 1.07 bits per heavy atom. The third-order valence-electron chi connectivity index (χ3n) is 3.66. The van der Waals surface area contributed by atoms with Crippen LogP contribution in [-0.4, -0.2) is 32.3 Å². The lowest BCUT2D eigenvalue weighted by Crippen LogP contribution is -2.24. The minimum absolute atomic E-state index is 0.104. The first-order chi connectivity index (χ1) is 13.5. The average Bonchev–Trinajstić information content (AvgIpc) is 2.67. The third-order valence-corrected chi connectivity index (χ3v) is 3.91. The fourth-order valence-electron chi connectivity index (χ4n) is 2.36. The Labute approximate surface area is 167 Å². The third kappa shape index (κ3) is 7.23. The normalized spacial score (nSPS) is 10.6. The number of benzene rings is 2. The Morgan fingerprint density at radius 2 is 1.82 bits per heavy atom. The minimum atomic E-state index is -2.96. The molecule has 0 aliphatic heterocycles. The van der Waals surface area contributed by atoms with Crippen LogP contribution in [0.5, 0.6) is 17.2 Å². The van der Waals surface area contributed by atoms with E-state index < -0.39 is 6.61 Å². The summed E-state index contributed by atoms with van der Waals surface area (Å²) in [6.45, 7) is -0.00854. The molecule has 0 spiro atoms. The van der Waals surface area contributed by atoms with Crippen molar-refractivity contribution in [2.45, 2.75) is 26.4 Å². The summed E-state index contributed by atoms with van der Waals surface area (Å²) in [7, 11) is 0. The van der Waals surface area contributed by atoms with Crippen molar-refractivity contribution in [1.82, 2.24) is 5.32 Å². The Bertz CT molecular complexity index is 756. The van der Waals surface area contributed by atoms with E-state index in [2.05, 4.69) is 10.1 Å². The van der Waals surface area contributed by atoms with E-state index in [0.29, 0.717) is 23.7 Å². The quantitative estimate of drug-likeness (QED) is 0.531. The summed E-state index contributed by atoms with van der Waals surface area (Å²) in [5.74, 6) is 0.422. The number of ether oxygens (including phenoxy) is 3. The maximum Gasteiger partial charge on any atom is 0.387 e. The molecule has 1 N–H and O–H groups in total. The van der Waals surface area contributed by atoms with Crippen LogP contribution >= 0.6 is 11.6 Å². The van der Waals surface area contributed by atoms with Crippen LogP contribution in [0.4, 0.5) is 8.78 Å². The van der Waals surface area contributed by atoms with E-state index in [9.17, 15) is 13.6 Å². The molecule has 0 bridgehead atoms. The number of amides is 1. The topological polar surface area (TPSA) is 56.8 Å². The standard InChI is InChI=1S/C20H22ClF2NO4/c1-2-26-18-13-14(5-10-17(18)28-20(22)23)19(25)24-11-3-4-12-27-16-8-6-15(21)7-9-16/h5-10,13,20H,2-4,11-12H2,1H3,(H,24,25). The summed E-state index contributed by atoms with van der Waals surface area (Å²) in [6, 6.07) is 11.2. The lowest BCUT2D eigenvalue weighted by molar-refractivity contribution is -0.0514. The van der Waals surface area contributed by atoms with Gasteiger partial charge in [0.2, 0.25) is 0 Å². The SMILES string of the molecule is CCOc1cc(C(=O)NCCCCOc2ccc(Cl)cc2)ccc1OC(F)F. The van der Waals surface area contributed by atoms with Crippen LogP contribution in [0.2, 0.25) is 5.02 Å². The summed E-state index contributed by atoms with van der Waals surface area (Å²) < 4.78 is 40.1. The molecule has 152 valence electrons. The zero-order chi connectivity index (χ0) is 20.4. The van der Waals surface area contributed by atoms with Gasteiger partial charge in [-0.2, -0.15) is 8.78 Å². The van der Waals surface area contributed by atoms with Crippen molar-refractivity contribution in [1.29, 1.82) is 0 Å². The van der Waals surface area contributed by atoms with Crippen LogP contribution in [0.1, 0.15) is 30.1 Å². The monoisotopic (exact) mass is 413 g/mol. The first-order valence-corrected chi connectivity index (χ1v) is 9.25. The number of unbranched alkanes of at least 4 members (excludes halogenated alkanes) is 1. The Morgan fingerprint density at radius 3 is 2.50 bits per heavy atom. The number of hydrogen-bond acceptors (Lipinski definition) is 4. The Hall–Kier alpha value is -2.54. The molecular formula is C20H22ClF2NO4. The van der Waals surface area contributed by atoms with Crippen molar-refractivity contribution in [3.8, 4) is 17.2 Å². The summed E-state index contributed by atoms with van der Waals surface area (Å²) in [4.78, 5) is 12.2. The first kappa shape index (κ1) is 21.8. The molecule has 0 fully saturated rings.